The van der Waals surface area contributed by atoms with E-state index in [2.05, 4.69) is 12.1 Å². The summed E-state index contributed by atoms with van der Waals surface area (Å²) < 4.78 is 5.76. The van der Waals surface area contributed by atoms with E-state index in [0.717, 1.165) is 17.2 Å². The van der Waals surface area contributed by atoms with Gasteiger partial charge in [-0.15, -0.1) is 0 Å². The van der Waals surface area contributed by atoms with Crippen molar-refractivity contribution in [2.24, 2.45) is 0 Å². The van der Waals surface area contributed by atoms with Gasteiger partial charge in [-0.2, -0.15) is 0 Å². The molecule has 87 valence electrons. The standard InChI is InChI=1S/C14H19O2/c1-3-16-14-12(10(2)9-15)5-4-6-13(14)11-7-8-11/h4-6,11,15H,3,7-9H2,1-2H3. The highest BCUT2D eigenvalue weighted by Gasteiger charge is 2.28. The second-order valence-electron chi connectivity index (χ2n) is 4.37. The van der Waals surface area contributed by atoms with Gasteiger partial charge in [-0.25, -0.2) is 0 Å². The zero-order valence-electron chi connectivity index (χ0n) is 9.99. The van der Waals surface area contributed by atoms with Crippen molar-refractivity contribution < 1.29 is 9.84 Å². The smallest absolute Gasteiger partial charge is 0.126 e. The monoisotopic (exact) mass is 219 g/mol. The Morgan fingerprint density at radius 2 is 2.19 bits per heavy atom. The third-order valence-corrected chi connectivity index (χ3v) is 3.05. The highest BCUT2D eigenvalue weighted by atomic mass is 16.5. The predicted octanol–water partition coefficient (Wildman–Crippen LogP) is 2.90. The van der Waals surface area contributed by atoms with E-state index in [1.165, 1.54) is 18.4 Å². The lowest BCUT2D eigenvalue weighted by Crippen LogP contribution is -2.06. The molecule has 1 aliphatic rings. The summed E-state index contributed by atoms with van der Waals surface area (Å²) in [6, 6.07) is 6.24. The number of para-hydroxylation sites is 1. The molecule has 1 saturated carbocycles. The minimum Gasteiger partial charge on any atom is -0.493 e. The summed E-state index contributed by atoms with van der Waals surface area (Å²) in [6.07, 6.45) is 2.53. The second-order valence-corrected chi connectivity index (χ2v) is 4.37. The number of hydrogen-bond donors (Lipinski definition) is 1. The minimum atomic E-state index is 0.0915. The first-order valence-corrected chi connectivity index (χ1v) is 5.97. The Bertz CT molecular complexity index is 356. The van der Waals surface area contributed by atoms with Gasteiger partial charge in [-0.1, -0.05) is 25.1 Å². The first kappa shape index (κ1) is 11.5. The van der Waals surface area contributed by atoms with Crippen LogP contribution in [-0.2, 0) is 0 Å². The molecule has 0 atom stereocenters. The van der Waals surface area contributed by atoms with Crippen molar-refractivity contribution in [2.45, 2.75) is 32.6 Å². The molecule has 0 unspecified atom stereocenters. The molecule has 1 aromatic carbocycles. The van der Waals surface area contributed by atoms with Gasteiger partial charge in [0.1, 0.15) is 5.75 Å². The van der Waals surface area contributed by atoms with Gasteiger partial charge in [0, 0.05) is 11.5 Å². The minimum absolute atomic E-state index is 0.0915. The van der Waals surface area contributed by atoms with E-state index in [4.69, 9.17) is 4.74 Å². The second kappa shape index (κ2) is 4.88. The van der Waals surface area contributed by atoms with E-state index in [-0.39, 0.29) is 6.61 Å². The summed E-state index contributed by atoms with van der Waals surface area (Å²) >= 11 is 0. The van der Waals surface area contributed by atoms with E-state index in [1.54, 1.807) is 0 Å². The number of hydrogen-bond acceptors (Lipinski definition) is 2. The maximum Gasteiger partial charge on any atom is 0.126 e. The molecule has 0 aliphatic heterocycles. The molecule has 1 aromatic rings. The third-order valence-electron chi connectivity index (χ3n) is 3.05. The zero-order valence-corrected chi connectivity index (χ0v) is 9.99. The summed E-state index contributed by atoms with van der Waals surface area (Å²) in [4.78, 5) is 0. The Balaban J connectivity index is 2.37. The van der Waals surface area contributed by atoms with Crippen LogP contribution >= 0.6 is 0 Å². The number of aliphatic hydroxyl groups excluding tert-OH is 1. The van der Waals surface area contributed by atoms with Crippen molar-refractivity contribution in [3.05, 3.63) is 35.2 Å². The Labute approximate surface area is 97.3 Å². The van der Waals surface area contributed by atoms with Gasteiger partial charge in [0.05, 0.1) is 13.2 Å². The van der Waals surface area contributed by atoms with Gasteiger partial charge in [-0.05, 0) is 31.2 Å². The fraction of sp³-hybridized carbons (Fsp3) is 0.500. The molecule has 0 aromatic heterocycles. The van der Waals surface area contributed by atoms with Crippen molar-refractivity contribution in [1.82, 2.24) is 0 Å². The Kier molecular flexibility index (Phi) is 3.49. The Morgan fingerprint density at radius 3 is 2.75 bits per heavy atom. The molecular formula is C14H19O2. The molecular weight excluding hydrogens is 200 g/mol. The summed E-state index contributed by atoms with van der Waals surface area (Å²) in [5.41, 5.74) is 2.38. The lowest BCUT2D eigenvalue weighted by atomic mass is 9.96. The van der Waals surface area contributed by atoms with Gasteiger partial charge in [0.15, 0.2) is 0 Å². The van der Waals surface area contributed by atoms with E-state index >= 15 is 0 Å². The number of rotatable bonds is 5. The molecule has 2 nitrogen and oxygen atoms in total. The lowest BCUT2D eigenvalue weighted by molar-refractivity contribution is 0.306. The fourth-order valence-electron chi connectivity index (χ4n) is 2.00. The van der Waals surface area contributed by atoms with Gasteiger partial charge >= 0.3 is 0 Å². The van der Waals surface area contributed by atoms with E-state index in [0.29, 0.717) is 12.5 Å². The quantitative estimate of drug-likeness (QED) is 0.825. The van der Waals surface area contributed by atoms with Crippen LogP contribution in [0, 0.1) is 5.92 Å². The average molecular weight is 219 g/mol. The van der Waals surface area contributed by atoms with Crippen LogP contribution in [0.2, 0.25) is 0 Å². The maximum atomic E-state index is 9.23. The lowest BCUT2D eigenvalue weighted by Gasteiger charge is -2.17. The third kappa shape index (κ3) is 2.22. The van der Waals surface area contributed by atoms with Gasteiger partial charge in [-0.3, -0.25) is 0 Å². The number of benzene rings is 1. The van der Waals surface area contributed by atoms with Crippen LogP contribution in [0.25, 0.3) is 0 Å². The molecule has 0 spiro atoms. The van der Waals surface area contributed by atoms with E-state index in [1.807, 2.05) is 19.9 Å². The molecule has 0 saturated heterocycles. The van der Waals surface area contributed by atoms with Crippen molar-refractivity contribution in [3.8, 4) is 5.75 Å². The largest absolute Gasteiger partial charge is 0.493 e. The molecule has 0 bridgehead atoms. The normalized spacial score (nSPS) is 15.5. The Hall–Kier alpha value is -1.02. The highest BCUT2D eigenvalue weighted by molar-refractivity contribution is 5.51. The summed E-state index contributed by atoms with van der Waals surface area (Å²) in [5, 5.41) is 9.23. The summed E-state index contributed by atoms with van der Waals surface area (Å²) in [5.74, 6) is 2.64. The predicted molar refractivity (Wildman–Crippen MR) is 64.7 cm³/mol. The average Bonchev–Trinajstić information content (AvgIpc) is 3.13. The maximum absolute atomic E-state index is 9.23. The molecule has 1 N–H and O–H groups in total. The molecule has 0 heterocycles. The van der Waals surface area contributed by atoms with Crippen molar-refractivity contribution in [3.63, 3.8) is 0 Å². The molecule has 16 heavy (non-hydrogen) atoms. The van der Waals surface area contributed by atoms with Crippen LogP contribution in [0.3, 0.4) is 0 Å². The van der Waals surface area contributed by atoms with Crippen molar-refractivity contribution >= 4 is 0 Å². The van der Waals surface area contributed by atoms with E-state index in [9.17, 15) is 5.11 Å². The van der Waals surface area contributed by atoms with Crippen LogP contribution in [0.4, 0.5) is 0 Å². The molecule has 1 aliphatic carbocycles. The summed E-state index contributed by atoms with van der Waals surface area (Å²) in [6.45, 7) is 4.72. The molecule has 0 amide bonds. The molecule has 2 heteroatoms. The summed E-state index contributed by atoms with van der Waals surface area (Å²) in [7, 11) is 0. The van der Waals surface area contributed by atoms with Crippen LogP contribution in [0.15, 0.2) is 18.2 Å². The van der Waals surface area contributed by atoms with Crippen molar-refractivity contribution in [1.29, 1.82) is 0 Å². The van der Waals surface area contributed by atoms with Gasteiger partial charge < -0.3 is 9.84 Å². The van der Waals surface area contributed by atoms with Crippen LogP contribution in [-0.4, -0.2) is 18.3 Å². The SMILES string of the molecule is CCOc1c([C](C)CO)cccc1C1CC1. The Morgan fingerprint density at radius 1 is 1.44 bits per heavy atom. The van der Waals surface area contributed by atoms with Crippen LogP contribution in [0.5, 0.6) is 5.75 Å². The molecule has 1 fully saturated rings. The first-order valence-electron chi connectivity index (χ1n) is 5.97. The molecule has 2 rings (SSSR count). The first-order chi connectivity index (χ1) is 7.77. The fourth-order valence-corrected chi connectivity index (χ4v) is 2.00. The number of ether oxygens (including phenoxy) is 1. The van der Waals surface area contributed by atoms with Gasteiger partial charge in [0.2, 0.25) is 0 Å². The molecule has 1 radical (unpaired) electrons. The van der Waals surface area contributed by atoms with Gasteiger partial charge in [0.25, 0.3) is 0 Å². The topological polar surface area (TPSA) is 29.5 Å². The zero-order chi connectivity index (χ0) is 11.5. The van der Waals surface area contributed by atoms with Crippen molar-refractivity contribution in [2.75, 3.05) is 13.2 Å². The van der Waals surface area contributed by atoms with Crippen LogP contribution < -0.4 is 4.74 Å². The van der Waals surface area contributed by atoms with Crippen LogP contribution in [0.1, 0.15) is 43.7 Å². The highest BCUT2D eigenvalue weighted by Crippen LogP contribution is 2.46. The van der Waals surface area contributed by atoms with E-state index < -0.39 is 0 Å². The number of aliphatic hydroxyl groups is 1.